The van der Waals surface area contributed by atoms with Gasteiger partial charge in [0.1, 0.15) is 35.8 Å². The third-order valence-corrected chi connectivity index (χ3v) is 6.27. The summed E-state index contributed by atoms with van der Waals surface area (Å²) in [4.78, 5) is 11.7. The van der Waals surface area contributed by atoms with E-state index >= 15 is 0 Å². The van der Waals surface area contributed by atoms with Crippen LogP contribution in [0.25, 0.3) is 0 Å². The second-order valence-corrected chi connectivity index (χ2v) is 9.29. The minimum Gasteiger partial charge on any atom is -0.494 e. The van der Waals surface area contributed by atoms with E-state index in [2.05, 4.69) is 0 Å². The SMILES string of the molecule is Cc1cc(Cl)cc(C(CCOc2ccc(F)cc2)c2ccc(F)cc2)c1OC[C@@H]1C[C@@H](O)CC(=O)O1. The summed E-state index contributed by atoms with van der Waals surface area (Å²) in [6.07, 6.45) is -0.573. The molecule has 0 radical (unpaired) electrons. The van der Waals surface area contributed by atoms with E-state index in [1.165, 1.54) is 24.3 Å². The molecule has 3 aromatic carbocycles. The lowest BCUT2D eigenvalue weighted by atomic mass is 9.87. The quantitative estimate of drug-likeness (QED) is 0.355. The van der Waals surface area contributed by atoms with Crippen LogP contribution in [0.1, 0.15) is 41.9 Å². The van der Waals surface area contributed by atoms with Gasteiger partial charge in [-0.3, -0.25) is 4.79 Å². The molecule has 36 heavy (non-hydrogen) atoms. The van der Waals surface area contributed by atoms with Crippen molar-refractivity contribution in [1.82, 2.24) is 0 Å². The first-order valence-corrected chi connectivity index (χ1v) is 12.1. The summed E-state index contributed by atoms with van der Waals surface area (Å²) in [6, 6.07) is 15.5. The highest BCUT2D eigenvalue weighted by Gasteiger charge is 2.29. The lowest BCUT2D eigenvalue weighted by molar-refractivity contribution is -0.162. The Kier molecular flexibility index (Phi) is 8.44. The van der Waals surface area contributed by atoms with Crippen LogP contribution in [0.4, 0.5) is 8.78 Å². The van der Waals surface area contributed by atoms with Gasteiger partial charge in [-0.1, -0.05) is 23.7 Å². The first-order valence-electron chi connectivity index (χ1n) is 11.7. The molecule has 0 saturated carbocycles. The van der Waals surface area contributed by atoms with E-state index in [1.54, 1.807) is 36.4 Å². The Hall–Kier alpha value is -3.16. The number of benzene rings is 3. The molecule has 1 unspecified atom stereocenters. The highest BCUT2D eigenvalue weighted by Crippen LogP contribution is 2.39. The molecule has 0 spiro atoms. The fourth-order valence-corrected chi connectivity index (χ4v) is 4.65. The predicted molar refractivity (Wildman–Crippen MR) is 132 cm³/mol. The van der Waals surface area contributed by atoms with Crippen LogP contribution >= 0.6 is 11.6 Å². The van der Waals surface area contributed by atoms with E-state index in [9.17, 15) is 18.7 Å². The summed E-state index contributed by atoms with van der Waals surface area (Å²) in [5, 5.41) is 10.4. The van der Waals surface area contributed by atoms with Crippen molar-refractivity contribution in [3.05, 3.63) is 94.0 Å². The number of carbonyl (C=O) groups excluding carboxylic acids is 1. The van der Waals surface area contributed by atoms with Gasteiger partial charge < -0.3 is 19.3 Å². The molecule has 190 valence electrons. The molecule has 0 amide bonds. The van der Waals surface area contributed by atoms with Crippen molar-refractivity contribution in [3.63, 3.8) is 0 Å². The lowest BCUT2D eigenvalue weighted by Gasteiger charge is -2.28. The van der Waals surface area contributed by atoms with Crippen LogP contribution in [0.2, 0.25) is 5.02 Å². The molecule has 0 bridgehead atoms. The van der Waals surface area contributed by atoms with Crippen molar-refractivity contribution >= 4 is 17.6 Å². The Morgan fingerprint density at radius 3 is 2.39 bits per heavy atom. The number of aryl methyl sites for hydroxylation is 1. The normalized spacial score (nSPS) is 18.4. The average molecular weight is 517 g/mol. The van der Waals surface area contributed by atoms with Crippen molar-refractivity contribution < 1.29 is 32.9 Å². The van der Waals surface area contributed by atoms with Gasteiger partial charge in [-0.15, -0.1) is 0 Å². The molecule has 1 heterocycles. The summed E-state index contributed by atoms with van der Waals surface area (Å²) in [5.41, 5.74) is 2.40. The molecule has 1 saturated heterocycles. The zero-order valence-corrected chi connectivity index (χ0v) is 20.5. The van der Waals surface area contributed by atoms with Gasteiger partial charge in [0.15, 0.2) is 0 Å². The maximum Gasteiger partial charge on any atom is 0.308 e. The van der Waals surface area contributed by atoms with Crippen molar-refractivity contribution in [1.29, 1.82) is 0 Å². The third-order valence-electron chi connectivity index (χ3n) is 6.05. The molecule has 0 aromatic heterocycles. The van der Waals surface area contributed by atoms with Crippen LogP contribution in [0, 0.1) is 18.6 Å². The van der Waals surface area contributed by atoms with Crippen LogP contribution in [0.3, 0.4) is 0 Å². The summed E-state index contributed by atoms with van der Waals surface area (Å²) in [7, 11) is 0. The van der Waals surface area contributed by atoms with Gasteiger partial charge in [0.25, 0.3) is 0 Å². The smallest absolute Gasteiger partial charge is 0.308 e. The number of carbonyl (C=O) groups is 1. The minimum atomic E-state index is -0.763. The summed E-state index contributed by atoms with van der Waals surface area (Å²) >= 11 is 6.43. The number of aliphatic hydroxyl groups excluding tert-OH is 1. The van der Waals surface area contributed by atoms with Crippen LogP contribution in [-0.4, -0.2) is 36.5 Å². The van der Waals surface area contributed by atoms with E-state index < -0.39 is 18.2 Å². The van der Waals surface area contributed by atoms with Crippen molar-refractivity contribution in [2.24, 2.45) is 0 Å². The molecule has 1 fully saturated rings. The molecule has 4 rings (SSSR count). The van der Waals surface area contributed by atoms with E-state index in [-0.39, 0.29) is 30.6 Å². The Bertz CT molecular complexity index is 1180. The molecular formula is C28H27ClF2O5. The number of aliphatic hydroxyl groups is 1. The summed E-state index contributed by atoms with van der Waals surface area (Å²) < 4.78 is 44.2. The van der Waals surface area contributed by atoms with Gasteiger partial charge in [-0.25, -0.2) is 8.78 Å². The van der Waals surface area contributed by atoms with Crippen LogP contribution in [-0.2, 0) is 9.53 Å². The van der Waals surface area contributed by atoms with E-state index in [4.69, 9.17) is 25.8 Å². The Morgan fingerprint density at radius 1 is 1.06 bits per heavy atom. The molecular weight excluding hydrogens is 490 g/mol. The predicted octanol–water partition coefficient (Wildman–Crippen LogP) is 5.97. The fraction of sp³-hybridized carbons (Fsp3) is 0.321. The Labute approximate surface area is 213 Å². The summed E-state index contributed by atoms with van der Waals surface area (Å²) in [6.45, 7) is 2.23. The average Bonchev–Trinajstić information content (AvgIpc) is 2.82. The highest BCUT2D eigenvalue weighted by molar-refractivity contribution is 6.30. The first kappa shape index (κ1) is 25.9. The molecule has 3 aromatic rings. The molecule has 5 nitrogen and oxygen atoms in total. The second-order valence-electron chi connectivity index (χ2n) is 8.85. The third kappa shape index (κ3) is 6.74. The lowest BCUT2D eigenvalue weighted by Crippen LogP contribution is -2.36. The molecule has 1 N–H and O–H groups in total. The van der Waals surface area contributed by atoms with E-state index in [1.807, 2.05) is 6.92 Å². The highest BCUT2D eigenvalue weighted by atomic mass is 35.5. The molecule has 3 atom stereocenters. The maximum atomic E-state index is 13.7. The van der Waals surface area contributed by atoms with E-state index in [0.717, 1.165) is 16.7 Å². The standard InChI is InChI=1S/C28H27ClF2O5/c1-17-12-19(29)13-26(28(17)35-16-24-14-22(32)15-27(33)36-24)25(18-2-4-20(30)5-3-18)10-11-34-23-8-6-21(31)7-9-23/h2-9,12-13,22,24-25,32H,10-11,14-16H2,1H3/t22-,24+,25?/m1/s1. The number of rotatable bonds is 9. The summed E-state index contributed by atoms with van der Waals surface area (Å²) in [5.74, 6) is -0.317. The molecule has 1 aliphatic heterocycles. The van der Waals surface area contributed by atoms with Crippen molar-refractivity contribution in [2.45, 2.75) is 44.3 Å². The van der Waals surface area contributed by atoms with Gasteiger partial charge in [-0.2, -0.15) is 0 Å². The first-order chi connectivity index (χ1) is 17.3. The molecule has 8 heteroatoms. The van der Waals surface area contributed by atoms with Gasteiger partial charge in [0, 0.05) is 22.9 Å². The molecule has 0 aliphatic carbocycles. The number of hydrogen-bond acceptors (Lipinski definition) is 5. The van der Waals surface area contributed by atoms with Crippen molar-refractivity contribution in [3.8, 4) is 11.5 Å². The van der Waals surface area contributed by atoms with Crippen LogP contribution in [0.15, 0.2) is 60.7 Å². The topological polar surface area (TPSA) is 65.0 Å². The zero-order chi connectivity index (χ0) is 25.7. The zero-order valence-electron chi connectivity index (χ0n) is 19.8. The largest absolute Gasteiger partial charge is 0.494 e. The minimum absolute atomic E-state index is 0.0254. The molecule has 1 aliphatic rings. The van der Waals surface area contributed by atoms with Gasteiger partial charge in [-0.05, 0) is 73.0 Å². The second kappa shape index (κ2) is 11.7. The number of hydrogen-bond donors (Lipinski definition) is 1. The maximum absolute atomic E-state index is 13.7. The Balaban J connectivity index is 1.60. The van der Waals surface area contributed by atoms with Crippen LogP contribution in [0.5, 0.6) is 11.5 Å². The monoisotopic (exact) mass is 516 g/mol. The van der Waals surface area contributed by atoms with Crippen LogP contribution < -0.4 is 9.47 Å². The van der Waals surface area contributed by atoms with Gasteiger partial charge in [0.2, 0.25) is 0 Å². The number of cyclic esters (lactones) is 1. The van der Waals surface area contributed by atoms with Gasteiger partial charge >= 0.3 is 5.97 Å². The number of esters is 1. The van der Waals surface area contributed by atoms with Gasteiger partial charge in [0.05, 0.1) is 19.1 Å². The number of halogens is 3. The fourth-order valence-electron chi connectivity index (χ4n) is 4.37. The number of ether oxygens (including phenoxy) is 3. The van der Waals surface area contributed by atoms with E-state index in [0.29, 0.717) is 36.0 Å². The Morgan fingerprint density at radius 2 is 1.72 bits per heavy atom. The van der Waals surface area contributed by atoms with Crippen molar-refractivity contribution in [2.75, 3.05) is 13.2 Å².